The fourth-order valence-electron chi connectivity index (χ4n) is 2.35. The van der Waals surface area contributed by atoms with Crippen molar-refractivity contribution in [2.45, 2.75) is 32.2 Å². The Morgan fingerprint density at radius 1 is 1.36 bits per heavy atom. The van der Waals surface area contributed by atoms with Crippen LogP contribution in [0, 0.1) is 0 Å². The molecule has 0 radical (unpaired) electrons. The Labute approximate surface area is 127 Å². The van der Waals surface area contributed by atoms with Crippen LogP contribution in [0.25, 0.3) is 11.3 Å². The Balaban J connectivity index is 1.65. The van der Waals surface area contributed by atoms with Crippen molar-refractivity contribution in [2.75, 3.05) is 6.61 Å². The molecule has 116 valence electrons. The average molecular weight is 303 g/mol. The van der Waals surface area contributed by atoms with Crippen molar-refractivity contribution < 1.29 is 23.9 Å². The number of aromatic nitrogens is 1. The van der Waals surface area contributed by atoms with Crippen molar-refractivity contribution in [1.82, 2.24) is 5.16 Å². The van der Waals surface area contributed by atoms with E-state index in [-0.39, 0.29) is 18.5 Å². The first-order chi connectivity index (χ1) is 10.7. The molecule has 3 rings (SSSR count). The smallest absolute Gasteiger partial charge is 0.335 e. The Morgan fingerprint density at radius 2 is 2.27 bits per heavy atom. The normalized spacial score (nSPS) is 18.3. The van der Waals surface area contributed by atoms with Crippen LogP contribution in [0.15, 0.2) is 34.9 Å². The summed E-state index contributed by atoms with van der Waals surface area (Å²) in [5, 5.41) is 13.0. The standard InChI is InChI=1S/C16H17NO5/c18-16(19)12-5-3-4-11(8-12)14-9-13(22-17-14)10-21-15-6-1-2-7-20-15/h3-5,8-9,15H,1-2,6-7,10H2,(H,18,19). The Morgan fingerprint density at radius 3 is 3.05 bits per heavy atom. The van der Waals surface area contributed by atoms with E-state index in [1.165, 1.54) is 6.07 Å². The molecule has 1 aliphatic rings. The lowest BCUT2D eigenvalue weighted by Gasteiger charge is -2.21. The topological polar surface area (TPSA) is 81.8 Å². The third-order valence-corrected chi connectivity index (χ3v) is 3.51. The van der Waals surface area contributed by atoms with Gasteiger partial charge in [-0.2, -0.15) is 0 Å². The first kappa shape index (κ1) is 14.7. The molecule has 0 aliphatic carbocycles. The highest BCUT2D eigenvalue weighted by Gasteiger charge is 2.16. The zero-order valence-electron chi connectivity index (χ0n) is 12.0. The largest absolute Gasteiger partial charge is 0.478 e. The second kappa shape index (κ2) is 6.72. The maximum absolute atomic E-state index is 11.0. The molecule has 1 N–H and O–H groups in total. The van der Waals surface area contributed by atoms with Gasteiger partial charge in [0.2, 0.25) is 0 Å². The molecule has 1 fully saturated rings. The van der Waals surface area contributed by atoms with Crippen LogP contribution in [0.5, 0.6) is 0 Å². The second-order valence-electron chi connectivity index (χ2n) is 5.17. The van der Waals surface area contributed by atoms with E-state index in [0.29, 0.717) is 17.0 Å². The summed E-state index contributed by atoms with van der Waals surface area (Å²) in [7, 11) is 0. The average Bonchev–Trinajstić information content (AvgIpc) is 3.03. The van der Waals surface area contributed by atoms with Crippen molar-refractivity contribution in [3.8, 4) is 11.3 Å². The minimum Gasteiger partial charge on any atom is -0.478 e. The molecule has 2 heterocycles. The molecule has 0 bridgehead atoms. The van der Waals surface area contributed by atoms with Crippen LogP contribution in [-0.2, 0) is 16.1 Å². The van der Waals surface area contributed by atoms with E-state index in [0.717, 1.165) is 25.9 Å². The molecule has 22 heavy (non-hydrogen) atoms. The number of carboxylic acids is 1. The van der Waals surface area contributed by atoms with Crippen molar-refractivity contribution >= 4 is 5.97 Å². The number of carboxylic acid groups (broad SMARTS) is 1. The molecule has 1 aliphatic heterocycles. The van der Waals surface area contributed by atoms with E-state index in [1.54, 1.807) is 24.3 Å². The fourth-order valence-corrected chi connectivity index (χ4v) is 2.35. The Kier molecular flexibility index (Phi) is 4.50. The number of ether oxygens (including phenoxy) is 2. The summed E-state index contributed by atoms with van der Waals surface area (Å²) in [6.07, 6.45) is 2.89. The predicted molar refractivity (Wildman–Crippen MR) is 77.3 cm³/mol. The van der Waals surface area contributed by atoms with Crippen molar-refractivity contribution in [3.63, 3.8) is 0 Å². The van der Waals surface area contributed by atoms with Gasteiger partial charge in [0.05, 0.1) is 5.56 Å². The van der Waals surface area contributed by atoms with Crippen molar-refractivity contribution in [1.29, 1.82) is 0 Å². The van der Waals surface area contributed by atoms with Crippen LogP contribution >= 0.6 is 0 Å². The summed E-state index contributed by atoms with van der Waals surface area (Å²) < 4.78 is 16.3. The van der Waals surface area contributed by atoms with E-state index in [1.807, 2.05) is 0 Å². The lowest BCUT2D eigenvalue weighted by Crippen LogP contribution is -2.21. The summed E-state index contributed by atoms with van der Waals surface area (Å²) in [6.45, 7) is 1.02. The molecule has 1 atom stereocenters. The zero-order chi connectivity index (χ0) is 15.4. The molecular formula is C16H17NO5. The first-order valence-electron chi connectivity index (χ1n) is 7.25. The number of hydrogen-bond acceptors (Lipinski definition) is 5. The third-order valence-electron chi connectivity index (χ3n) is 3.51. The number of nitrogens with zero attached hydrogens (tertiary/aromatic N) is 1. The molecule has 0 amide bonds. The van der Waals surface area contributed by atoms with Gasteiger partial charge >= 0.3 is 5.97 Å². The SMILES string of the molecule is O=C(O)c1cccc(-c2cc(COC3CCCCO3)on2)c1. The van der Waals surface area contributed by atoms with E-state index in [2.05, 4.69) is 5.16 Å². The van der Waals surface area contributed by atoms with Gasteiger partial charge in [-0.1, -0.05) is 17.3 Å². The lowest BCUT2D eigenvalue weighted by molar-refractivity contribution is -0.171. The molecule has 1 unspecified atom stereocenters. The number of carbonyl (C=O) groups is 1. The first-order valence-corrected chi connectivity index (χ1v) is 7.25. The van der Waals surface area contributed by atoms with Crippen LogP contribution in [-0.4, -0.2) is 29.1 Å². The molecule has 6 nitrogen and oxygen atoms in total. The van der Waals surface area contributed by atoms with Gasteiger partial charge in [0.15, 0.2) is 12.1 Å². The van der Waals surface area contributed by atoms with Crippen LogP contribution in [0.2, 0.25) is 0 Å². The lowest BCUT2D eigenvalue weighted by atomic mass is 10.1. The van der Waals surface area contributed by atoms with Gasteiger partial charge < -0.3 is 19.1 Å². The molecule has 0 spiro atoms. The Bertz CT molecular complexity index is 645. The monoisotopic (exact) mass is 303 g/mol. The molecule has 2 aromatic rings. The van der Waals surface area contributed by atoms with Crippen molar-refractivity contribution in [3.05, 3.63) is 41.7 Å². The van der Waals surface area contributed by atoms with Gasteiger partial charge in [-0.25, -0.2) is 4.79 Å². The molecule has 1 saturated heterocycles. The highest BCUT2D eigenvalue weighted by atomic mass is 16.7. The second-order valence-corrected chi connectivity index (χ2v) is 5.17. The Hall–Kier alpha value is -2.18. The minimum absolute atomic E-state index is 0.183. The highest BCUT2D eigenvalue weighted by molar-refractivity contribution is 5.89. The summed E-state index contributed by atoms with van der Waals surface area (Å²) in [4.78, 5) is 11.0. The van der Waals surface area contributed by atoms with E-state index >= 15 is 0 Å². The van der Waals surface area contributed by atoms with E-state index in [9.17, 15) is 4.79 Å². The number of benzene rings is 1. The van der Waals surface area contributed by atoms with Crippen LogP contribution < -0.4 is 0 Å². The quantitative estimate of drug-likeness (QED) is 0.914. The van der Waals surface area contributed by atoms with Crippen molar-refractivity contribution in [2.24, 2.45) is 0 Å². The molecule has 0 saturated carbocycles. The zero-order valence-corrected chi connectivity index (χ0v) is 12.0. The summed E-state index contributed by atoms with van der Waals surface area (Å²) in [6, 6.07) is 8.33. The number of aromatic carboxylic acids is 1. The number of rotatable bonds is 5. The summed E-state index contributed by atoms with van der Waals surface area (Å²) >= 11 is 0. The van der Waals surface area contributed by atoms with E-state index < -0.39 is 5.97 Å². The van der Waals surface area contributed by atoms with Crippen LogP contribution in [0.1, 0.15) is 35.4 Å². The molecule has 6 heteroatoms. The van der Waals surface area contributed by atoms with Gasteiger partial charge in [-0.05, 0) is 31.4 Å². The summed E-state index contributed by atoms with van der Waals surface area (Å²) in [5.41, 5.74) is 1.50. The molecule has 1 aromatic heterocycles. The van der Waals surface area contributed by atoms with Gasteiger partial charge in [-0.3, -0.25) is 0 Å². The third kappa shape index (κ3) is 3.52. The van der Waals surface area contributed by atoms with Crippen LogP contribution in [0.3, 0.4) is 0 Å². The van der Waals surface area contributed by atoms with E-state index in [4.69, 9.17) is 19.1 Å². The maximum Gasteiger partial charge on any atom is 0.335 e. The predicted octanol–water partition coefficient (Wildman–Crippen LogP) is 3.08. The van der Waals surface area contributed by atoms with Gasteiger partial charge in [-0.15, -0.1) is 0 Å². The fraction of sp³-hybridized carbons (Fsp3) is 0.375. The maximum atomic E-state index is 11.0. The van der Waals surface area contributed by atoms with Gasteiger partial charge in [0, 0.05) is 18.2 Å². The molecular weight excluding hydrogens is 286 g/mol. The molecule has 1 aromatic carbocycles. The summed E-state index contributed by atoms with van der Waals surface area (Å²) in [5.74, 6) is -0.381. The number of hydrogen-bond donors (Lipinski definition) is 1. The minimum atomic E-state index is -0.969. The van der Waals surface area contributed by atoms with Crippen LogP contribution in [0.4, 0.5) is 0 Å². The van der Waals surface area contributed by atoms with Gasteiger partial charge in [0.25, 0.3) is 0 Å². The van der Waals surface area contributed by atoms with Gasteiger partial charge in [0.1, 0.15) is 12.3 Å². The highest BCUT2D eigenvalue weighted by Crippen LogP contribution is 2.22.